The average Bonchev–Trinajstić information content (AvgIpc) is 2.27. The number of rotatable bonds is 4. The lowest BCUT2D eigenvalue weighted by molar-refractivity contribution is -0.130. The number of likely N-dealkylation sites (N-methyl/N-ethyl adjacent to an activating group) is 1. The lowest BCUT2D eigenvalue weighted by Crippen LogP contribution is -2.27. The van der Waals surface area contributed by atoms with E-state index in [1.807, 2.05) is 0 Å². The second-order valence-electron chi connectivity index (χ2n) is 3.49. The van der Waals surface area contributed by atoms with Gasteiger partial charge in [0.1, 0.15) is 5.75 Å². The minimum atomic E-state index is -0.103. The van der Waals surface area contributed by atoms with Crippen molar-refractivity contribution in [1.82, 2.24) is 4.90 Å². The van der Waals surface area contributed by atoms with Crippen molar-refractivity contribution in [3.05, 3.63) is 28.2 Å². The number of benzene rings is 1. The quantitative estimate of drug-likeness (QED) is 0.911. The maximum absolute atomic E-state index is 11.3. The number of carbonyl (C=O) groups excluding carboxylic acids is 1. The van der Waals surface area contributed by atoms with Gasteiger partial charge < -0.3 is 14.7 Å². The van der Waals surface area contributed by atoms with Crippen LogP contribution >= 0.6 is 15.9 Å². The maximum atomic E-state index is 11.3. The van der Waals surface area contributed by atoms with Gasteiger partial charge in [0.15, 0.2) is 6.61 Å². The summed E-state index contributed by atoms with van der Waals surface area (Å²) in [6.07, 6.45) is 0. The molecule has 88 valence electrons. The number of amides is 1. The van der Waals surface area contributed by atoms with Crippen molar-refractivity contribution in [2.45, 2.75) is 6.61 Å². The molecule has 0 radical (unpaired) electrons. The Morgan fingerprint density at radius 2 is 2.19 bits per heavy atom. The SMILES string of the molecule is CN(C)C(=O)COc1ccc(Br)c(CO)c1. The lowest BCUT2D eigenvalue weighted by Gasteiger charge is -2.12. The molecule has 0 aliphatic rings. The molecule has 16 heavy (non-hydrogen) atoms. The third-order valence-corrected chi connectivity index (χ3v) is 2.82. The normalized spacial score (nSPS) is 10.0. The molecule has 0 fully saturated rings. The van der Waals surface area contributed by atoms with E-state index in [-0.39, 0.29) is 19.1 Å². The highest BCUT2D eigenvalue weighted by molar-refractivity contribution is 9.10. The van der Waals surface area contributed by atoms with Gasteiger partial charge in [0.25, 0.3) is 5.91 Å². The molecule has 1 aromatic carbocycles. The Hall–Kier alpha value is -1.07. The zero-order valence-electron chi connectivity index (χ0n) is 9.24. The predicted molar refractivity (Wildman–Crippen MR) is 64.3 cm³/mol. The van der Waals surface area contributed by atoms with Gasteiger partial charge in [-0.1, -0.05) is 15.9 Å². The van der Waals surface area contributed by atoms with Crippen molar-refractivity contribution in [3.63, 3.8) is 0 Å². The molecule has 1 N–H and O–H groups in total. The molecule has 1 rings (SSSR count). The van der Waals surface area contributed by atoms with Crippen molar-refractivity contribution in [3.8, 4) is 5.75 Å². The highest BCUT2D eigenvalue weighted by Crippen LogP contribution is 2.22. The molecule has 0 heterocycles. The average molecular weight is 288 g/mol. The number of hydrogen-bond acceptors (Lipinski definition) is 3. The van der Waals surface area contributed by atoms with E-state index in [4.69, 9.17) is 9.84 Å². The Labute approximate surface area is 103 Å². The Bertz CT molecular complexity index is 379. The zero-order chi connectivity index (χ0) is 12.1. The van der Waals surface area contributed by atoms with Crippen LogP contribution in [0.4, 0.5) is 0 Å². The van der Waals surface area contributed by atoms with E-state index >= 15 is 0 Å². The summed E-state index contributed by atoms with van der Waals surface area (Å²) in [6, 6.07) is 5.22. The second-order valence-corrected chi connectivity index (χ2v) is 4.34. The van der Waals surface area contributed by atoms with Crippen molar-refractivity contribution in [1.29, 1.82) is 0 Å². The van der Waals surface area contributed by atoms with Gasteiger partial charge in [0, 0.05) is 18.6 Å². The van der Waals surface area contributed by atoms with E-state index in [0.717, 1.165) is 10.0 Å². The number of halogens is 1. The maximum Gasteiger partial charge on any atom is 0.259 e. The topological polar surface area (TPSA) is 49.8 Å². The first-order chi connectivity index (χ1) is 7.54. The van der Waals surface area contributed by atoms with E-state index in [2.05, 4.69) is 15.9 Å². The van der Waals surface area contributed by atoms with Crippen LogP contribution in [0.25, 0.3) is 0 Å². The number of aliphatic hydroxyl groups is 1. The summed E-state index contributed by atoms with van der Waals surface area (Å²) in [6.45, 7) is -0.0705. The van der Waals surface area contributed by atoms with Gasteiger partial charge in [0.05, 0.1) is 6.61 Å². The van der Waals surface area contributed by atoms with Gasteiger partial charge in [-0.05, 0) is 23.8 Å². The van der Waals surface area contributed by atoms with E-state index < -0.39 is 0 Å². The molecule has 1 aromatic rings. The molecule has 0 aromatic heterocycles. The molecule has 0 bridgehead atoms. The van der Waals surface area contributed by atoms with Gasteiger partial charge in [0.2, 0.25) is 0 Å². The van der Waals surface area contributed by atoms with Crippen LogP contribution in [-0.4, -0.2) is 36.6 Å². The van der Waals surface area contributed by atoms with Crippen molar-refractivity contribution < 1.29 is 14.6 Å². The molecule has 4 nitrogen and oxygen atoms in total. The van der Waals surface area contributed by atoms with Gasteiger partial charge in [-0.15, -0.1) is 0 Å². The highest BCUT2D eigenvalue weighted by Gasteiger charge is 2.06. The van der Waals surface area contributed by atoms with Gasteiger partial charge >= 0.3 is 0 Å². The van der Waals surface area contributed by atoms with Crippen LogP contribution in [-0.2, 0) is 11.4 Å². The highest BCUT2D eigenvalue weighted by atomic mass is 79.9. The molecule has 0 atom stereocenters. The summed E-state index contributed by atoms with van der Waals surface area (Å²) in [4.78, 5) is 12.7. The molecular formula is C11H14BrNO3. The summed E-state index contributed by atoms with van der Waals surface area (Å²) in [5.74, 6) is 0.468. The van der Waals surface area contributed by atoms with Crippen LogP contribution in [0, 0.1) is 0 Å². The molecule has 0 unspecified atom stereocenters. The fourth-order valence-electron chi connectivity index (χ4n) is 1.04. The zero-order valence-corrected chi connectivity index (χ0v) is 10.8. The fraction of sp³-hybridized carbons (Fsp3) is 0.364. The van der Waals surface area contributed by atoms with Gasteiger partial charge in [-0.3, -0.25) is 4.79 Å². The first-order valence-electron chi connectivity index (χ1n) is 4.77. The summed E-state index contributed by atoms with van der Waals surface area (Å²) >= 11 is 3.30. The number of aliphatic hydroxyl groups excluding tert-OH is 1. The van der Waals surface area contributed by atoms with Crippen LogP contribution in [0.5, 0.6) is 5.75 Å². The third-order valence-electron chi connectivity index (χ3n) is 2.05. The Balaban J connectivity index is 2.64. The first kappa shape index (κ1) is 13.0. The molecule has 0 saturated heterocycles. The summed E-state index contributed by atoms with van der Waals surface area (Å²) in [7, 11) is 3.35. The van der Waals surface area contributed by atoms with Crippen LogP contribution in [0.15, 0.2) is 22.7 Å². The Morgan fingerprint density at radius 3 is 2.75 bits per heavy atom. The third kappa shape index (κ3) is 3.50. The molecular weight excluding hydrogens is 274 g/mol. The van der Waals surface area contributed by atoms with Crippen molar-refractivity contribution in [2.24, 2.45) is 0 Å². The predicted octanol–water partition coefficient (Wildman–Crippen LogP) is 1.41. The monoisotopic (exact) mass is 287 g/mol. The van der Waals surface area contributed by atoms with Crippen molar-refractivity contribution in [2.75, 3.05) is 20.7 Å². The fourth-order valence-corrected chi connectivity index (χ4v) is 1.41. The summed E-state index contributed by atoms with van der Waals surface area (Å²) in [5.41, 5.74) is 0.731. The summed E-state index contributed by atoms with van der Waals surface area (Å²) in [5, 5.41) is 9.05. The Kier molecular flexibility index (Phi) is 4.76. The van der Waals surface area contributed by atoms with E-state index in [1.54, 1.807) is 32.3 Å². The molecule has 1 amide bonds. The van der Waals surface area contributed by atoms with E-state index in [9.17, 15) is 4.79 Å². The van der Waals surface area contributed by atoms with Gasteiger partial charge in [-0.25, -0.2) is 0 Å². The van der Waals surface area contributed by atoms with Crippen LogP contribution in [0.3, 0.4) is 0 Å². The van der Waals surface area contributed by atoms with E-state index in [1.165, 1.54) is 4.90 Å². The van der Waals surface area contributed by atoms with Crippen LogP contribution in [0.1, 0.15) is 5.56 Å². The number of nitrogens with zero attached hydrogens (tertiary/aromatic N) is 1. The first-order valence-corrected chi connectivity index (χ1v) is 5.56. The smallest absolute Gasteiger partial charge is 0.259 e. The number of ether oxygens (including phenoxy) is 1. The van der Waals surface area contributed by atoms with E-state index in [0.29, 0.717) is 5.75 Å². The second kappa shape index (κ2) is 5.86. The molecule has 0 saturated carbocycles. The van der Waals surface area contributed by atoms with Gasteiger partial charge in [-0.2, -0.15) is 0 Å². The van der Waals surface area contributed by atoms with Crippen LogP contribution in [0.2, 0.25) is 0 Å². The molecule has 5 heteroatoms. The molecule has 0 spiro atoms. The standard InChI is InChI=1S/C11H14BrNO3/c1-13(2)11(15)7-16-9-3-4-10(12)8(5-9)6-14/h3-5,14H,6-7H2,1-2H3. The van der Waals surface area contributed by atoms with Crippen molar-refractivity contribution >= 4 is 21.8 Å². The largest absolute Gasteiger partial charge is 0.484 e. The lowest BCUT2D eigenvalue weighted by atomic mass is 10.2. The number of hydrogen-bond donors (Lipinski definition) is 1. The Morgan fingerprint density at radius 1 is 1.50 bits per heavy atom. The minimum Gasteiger partial charge on any atom is -0.484 e. The molecule has 0 aliphatic carbocycles. The van der Waals surface area contributed by atoms with Crippen LogP contribution < -0.4 is 4.74 Å². The minimum absolute atomic E-state index is 0.000495. The number of carbonyl (C=O) groups is 1. The molecule has 0 aliphatic heterocycles. The summed E-state index contributed by atoms with van der Waals surface area (Å²) < 4.78 is 6.12.